The van der Waals surface area contributed by atoms with Crippen molar-refractivity contribution in [2.24, 2.45) is 0 Å². The molecular formula is C22H16N4O3S. The fourth-order valence-corrected chi connectivity index (χ4v) is 3.94. The standard InChI is InChI=1S/C22H16N4O3S/c1-28-15-10-8-14(9-11-15)20-24-21-16-5-2-3-6-17(16)23-22(26(21)25-20)30-13-18(27)19-7-4-12-29-19/h2-12H,13H2,1H3. The maximum Gasteiger partial charge on any atom is 0.208 e. The van der Waals surface area contributed by atoms with Crippen LogP contribution in [-0.4, -0.2) is 38.2 Å². The number of benzene rings is 2. The Morgan fingerprint density at radius 3 is 2.67 bits per heavy atom. The monoisotopic (exact) mass is 416 g/mol. The number of ketones is 1. The van der Waals surface area contributed by atoms with Gasteiger partial charge in [0.25, 0.3) is 0 Å². The van der Waals surface area contributed by atoms with E-state index in [0.29, 0.717) is 22.4 Å². The van der Waals surface area contributed by atoms with Gasteiger partial charge in [-0.1, -0.05) is 23.9 Å². The molecule has 2 aromatic carbocycles. The Bertz CT molecular complexity index is 1340. The summed E-state index contributed by atoms with van der Waals surface area (Å²) in [4.78, 5) is 21.8. The van der Waals surface area contributed by atoms with E-state index in [-0.39, 0.29) is 11.5 Å². The molecule has 0 aliphatic rings. The number of carbonyl (C=O) groups is 1. The van der Waals surface area contributed by atoms with E-state index in [1.54, 1.807) is 23.8 Å². The van der Waals surface area contributed by atoms with Gasteiger partial charge in [-0.05, 0) is 48.5 Å². The molecule has 0 fully saturated rings. The third kappa shape index (κ3) is 3.31. The number of furan rings is 1. The molecule has 3 aromatic heterocycles. The van der Waals surface area contributed by atoms with Crippen molar-refractivity contribution in [2.75, 3.05) is 12.9 Å². The number of thioether (sulfide) groups is 1. The van der Waals surface area contributed by atoms with Gasteiger partial charge < -0.3 is 9.15 Å². The van der Waals surface area contributed by atoms with Gasteiger partial charge in [-0.25, -0.2) is 9.97 Å². The summed E-state index contributed by atoms with van der Waals surface area (Å²) >= 11 is 1.31. The first-order valence-electron chi connectivity index (χ1n) is 9.22. The topological polar surface area (TPSA) is 82.5 Å². The van der Waals surface area contributed by atoms with E-state index in [1.807, 2.05) is 48.5 Å². The predicted molar refractivity (Wildman–Crippen MR) is 114 cm³/mol. The van der Waals surface area contributed by atoms with Gasteiger partial charge >= 0.3 is 0 Å². The zero-order chi connectivity index (χ0) is 20.5. The van der Waals surface area contributed by atoms with Gasteiger partial charge in [-0.3, -0.25) is 4.79 Å². The molecule has 8 heteroatoms. The first-order chi connectivity index (χ1) is 14.7. The number of methoxy groups -OCH3 is 1. The number of aromatic nitrogens is 4. The highest BCUT2D eigenvalue weighted by Gasteiger charge is 2.17. The minimum absolute atomic E-state index is 0.108. The summed E-state index contributed by atoms with van der Waals surface area (Å²) in [5, 5.41) is 6.16. The molecule has 0 aliphatic heterocycles. The van der Waals surface area contributed by atoms with Crippen molar-refractivity contribution >= 4 is 34.1 Å². The molecule has 148 valence electrons. The average Bonchev–Trinajstić information content (AvgIpc) is 3.48. The smallest absolute Gasteiger partial charge is 0.208 e. The van der Waals surface area contributed by atoms with Crippen LogP contribution in [0.2, 0.25) is 0 Å². The number of ether oxygens (including phenoxy) is 1. The number of Topliss-reactive ketones (excluding diaryl/α,β-unsaturated/α-hetero) is 1. The Balaban J connectivity index is 1.58. The first-order valence-corrected chi connectivity index (χ1v) is 10.2. The molecule has 0 aliphatic carbocycles. The van der Waals surface area contributed by atoms with Gasteiger partial charge in [0.1, 0.15) is 5.75 Å². The summed E-state index contributed by atoms with van der Waals surface area (Å²) in [7, 11) is 1.63. The molecule has 5 rings (SSSR count). The van der Waals surface area contributed by atoms with Crippen molar-refractivity contribution in [3.05, 3.63) is 72.7 Å². The van der Waals surface area contributed by atoms with Crippen molar-refractivity contribution in [3.8, 4) is 17.1 Å². The second-order valence-electron chi connectivity index (χ2n) is 6.50. The van der Waals surface area contributed by atoms with Gasteiger partial charge in [0.05, 0.1) is 24.6 Å². The summed E-state index contributed by atoms with van der Waals surface area (Å²) in [6, 6.07) is 18.7. The van der Waals surface area contributed by atoms with Crippen LogP contribution in [0.5, 0.6) is 5.75 Å². The molecule has 0 amide bonds. The molecule has 0 radical (unpaired) electrons. The lowest BCUT2D eigenvalue weighted by Crippen LogP contribution is -2.04. The van der Waals surface area contributed by atoms with Crippen molar-refractivity contribution < 1.29 is 13.9 Å². The second-order valence-corrected chi connectivity index (χ2v) is 7.44. The minimum Gasteiger partial charge on any atom is -0.497 e. The molecule has 30 heavy (non-hydrogen) atoms. The highest BCUT2D eigenvalue weighted by molar-refractivity contribution is 7.99. The van der Waals surface area contributed by atoms with Gasteiger partial charge in [0, 0.05) is 10.9 Å². The molecule has 0 saturated carbocycles. The van der Waals surface area contributed by atoms with Crippen LogP contribution >= 0.6 is 11.8 Å². The number of para-hydroxylation sites is 1. The Morgan fingerprint density at radius 2 is 1.90 bits per heavy atom. The average molecular weight is 416 g/mol. The molecule has 5 aromatic rings. The van der Waals surface area contributed by atoms with Crippen LogP contribution in [0.4, 0.5) is 0 Å². The third-order valence-electron chi connectivity index (χ3n) is 4.63. The third-order valence-corrected chi connectivity index (χ3v) is 5.55. The van der Waals surface area contributed by atoms with E-state index in [9.17, 15) is 4.79 Å². The van der Waals surface area contributed by atoms with Crippen molar-refractivity contribution in [1.29, 1.82) is 0 Å². The number of carbonyl (C=O) groups excluding carboxylic acids is 1. The maximum absolute atomic E-state index is 12.4. The minimum atomic E-state index is -0.108. The van der Waals surface area contributed by atoms with Crippen LogP contribution in [0.3, 0.4) is 0 Å². The molecule has 0 spiro atoms. The Labute approximate surface area is 175 Å². The van der Waals surface area contributed by atoms with Crippen molar-refractivity contribution in [3.63, 3.8) is 0 Å². The molecule has 3 heterocycles. The lowest BCUT2D eigenvalue weighted by molar-refractivity contribution is 0.0992. The Hall–Kier alpha value is -3.65. The molecule has 0 unspecified atom stereocenters. The lowest BCUT2D eigenvalue weighted by Gasteiger charge is -2.05. The largest absolute Gasteiger partial charge is 0.497 e. The first kappa shape index (κ1) is 18.4. The highest BCUT2D eigenvalue weighted by atomic mass is 32.2. The summed E-state index contributed by atoms with van der Waals surface area (Å²) < 4.78 is 12.1. The Kier molecular flexibility index (Phi) is 4.68. The summed E-state index contributed by atoms with van der Waals surface area (Å²) in [6.45, 7) is 0. The maximum atomic E-state index is 12.4. The van der Waals surface area contributed by atoms with Gasteiger partial charge in [-0.2, -0.15) is 4.52 Å². The zero-order valence-corrected chi connectivity index (χ0v) is 16.8. The molecule has 7 nitrogen and oxygen atoms in total. The summed E-state index contributed by atoms with van der Waals surface area (Å²) in [5.74, 6) is 1.75. The SMILES string of the molecule is COc1ccc(-c2nc3c4ccccc4nc(SCC(=O)c4ccco4)n3n2)cc1. The van der Waals surface area contributed by atoms with E-state index in [4.69, 9.17) is 19.1 Å². The van der Waals surface area contributed by atoms with Gasteiger partial charge in [0.15, 0.2) is 22.4 Å². The number of hydrogen-bond donors (Lipinski definition) is 0. The van der Waals surface area contributed by atoms with Crippen LogP contribution in [0, 0.1) is 0 Å². The normalized spacial score (nSPS) is 11.2. The van der Waals surface area contributed by atoms with Crippen LogP contribution < -0.4 is 4.74 Å². The van der Waals surface area contributed by atoms with E-state index in [0.717, 1.165) is 22.2 Å². The van der Waals surface area contributed by atoms with Crippen LogP contribution in [0.15, 0.2) is 76.5 Å². The second kappa shape index (κ2) is 7.64. The van der Waals surface area contributed by atoms with E-state index in [1.165, 1.54) is 18.0 Å². The molecular weight excluding hydrogens is 400 g/mol. The highest BCUT2D eigenvalue weighted by Crippen LogP contribution is 2.27. The van der Waals surface area contributed by atoms with E-state index >= 15 is 0 Å². The fourth-order valence-electron chi connectivity index (χ4n) is 3.12. The van der Waals surface area contributed by atoms with E-state index in [2.05, 4.69) is 5.10 Å². The number of rotatable bonds is 6. The lowest BCUT2D eigenvalue weighted by atomic mass is 10.2. The fraction of sp³-hybridized carbons (Fsp3) is 0.0909. The van der Waals surface area contributed by atoms with Crippen LogP contribution in [0.25, 0.3) is 27.9 Å². The number of fused-ring (bicyclic) bond motifs is 3. The van der Waals surface area contributed by atoms with Crippen molar-refractivity contribution in [1.82, 2.24) is 19.6 Å². The Morgan fingerprint density at radius 1 is 1.07 bits per heavy atom. The van der Waals surface area contributed by atoms with Crippen molar-refractivity contribution in [2.45, 2.75) is 5.16 Å². The predicted octanol–water partition coefficient (Wildman–Crippen LogP) is 4.52. The van der Waals surface area contributed by atoms with Crippen LogP contribution in [-0.2, 0) is 0 Å². The molecule has 0 bridgehead atoms. The summed E-state index contributed by atoms with van der Waals surface area (Å²) in [5.41, 5.74) is 2.36. The van der Waals surface area contributed by atoms with E-state index < -0.39 is 0 Å². The number of nitrogens with zero attached hydrogens (tertiary/aromatic N) is 4. The van der Waals surface area contributed by atoms with Crippen LogP contribution in [0.1, 0.15) is 10.6 Å². The quantitative estimate of drug-likeness (QED) is 0.229. The zero-order valence-electron chi connectivity index (χ0n) is 16.0. The number of hydrogen-bond acceptors (Lipinski definition) is 7. The molecule has 0 atom stereocenters. The van der Waals surface area contributed by atoms with Gasteiger partial charge in [0.2, 0.25) is 5.78 Å². The summed E-state index contributed by atoms with van der Waals surface area (Å²) in [6.07, 6.45) is 1.49. The van der Waals surface area contributed by atoms with Gasteiger partial charge in [-0.15, -0.1) is 5.10 Å². The molecule has 0 N–H and O–H groups in total. The molecule has 0 saturated heterocycles.